The molecule has 0 radical (unpaired) electrons. The van der Waals surface area contributed by atoms with Crippen LogP contribution in [0.25, 0.3) is 10.8 Å². The van der Waals surface area contributed by atoms with Crippen LogP contribution in [0.2, 0.25) is 0 Å². The first-order valence-electron chi connectivity index (χ1n) is 13.0. The van der Waals surface area contributed by atoms with E-state index >= 15 is 0 Å². The van der Waals surface area contributed by atoms with Gasteiger partial charge in [-0.3, -0.25) is 9.98 Å². The molecular formula is C28H31N5O5. The number of pyridine rings is 1. The van der Waals surface area contributed by atoms with Crippen LogP contribution < -0.4 is 34.9 Å². The quantitative estimate of drug-likeness (QED) is 0.528. The van der Waals surface area contributed by atoms with E-state index < -0.39 is 0 Å². The van der Waals surface area contributed by atoms with E-state index in [1.165, 1.54) is 0 Å². The van der Waals surface area contributed by atoms with Crippen molar-refractivity contribution in [3.05, 3.63) is 52.9 Å². The van der Waals surface area contributed by atoms with E-state index in [2.05, 4.69) is 26.7 Å². The fraction of sp³-hybridized carbons (Fsp3) is 0.393. The fourth-order valence-corrected chi connectivity index (χ4v) is 4.83. The van der Waals surface area contributed by atoms with Gasteiger partial charge in [-0.25, -0.2) is 4.99 Å². The number of methoxy groups -OCH3 is 1. The Morgan fingerprint density at radius 1 is 1.00 bits per heavy atom. The van der Waals surface area contributed by atoms with Crippen LogP contribution in [-0.2, 0) is 4.74 Å². The number of nitrogens with zero attached hydrogens (tertiary/aromatic N) is 3. The van der Waals surface area contributed by atoms with Crippen LogP contribution in [0.3, 0.4) is 0 Å². The maximum atomic E-state index is 6.22. The molecule has 2 aromatic carbocycles. The number of aryl methyl sites for hydroxylation is 1. The summed E-state index contributed by atoms with van der Waals surface area (Å²) in [6.45, 7) is 4.36. The number of fused-ring (bicyclic) bond motifs is 4. The van der Waals surface area contributed by atoms with Gasteiger partial charge in [0.25, 0.3) is 0 Å². The van der Waals surface area contributed by atoms with Crippen molar-refractivity contribution in [1.82, 2.24) is 10.3 Å². The topological polar surface area (TPSA) is 108 Å². The number of ether oxygens (including phenoxy) is 5. The molecule has 0 aliphatic carbocycles. The van der Waals surface area contributed by atoms with Crippen molar-refractivity contribution in [3.63, 3.8) is 0 Å². The number of nitrogens with one attached hydrogen (secondary N) is 2. The molecule has 0 unspecified atom stereocenters. The Balaban J connectivity index is 1.48. The first-order valence-corrected chi connectivity index (χ1v) is 13.0. The molecule has 2 N–H and O–H groups in total. The zero-order chi connectivity index (χ0) is 25.9. The highest BCUT2D eigenvalue weighted by molar-refractivity contribution is 5.99. The molecule has 3 aliphatic heterocycles. The second kappa shape index (κ2) is 10.7. The molecule has 4 heterocycles. The van der Waals surface area contributed by atoms with Gasteiger partial charge >= 0.3 is 0 Å². The number of benzene rings is 2. The summed E-state index contributed by atoms with van der Waals surface area (Å²) in [6, 6.07) is 7.85. The first-order chi connectivity index (χ1) is 18.7. The molecule has 0 spiro atoms. The second-order valence-corrected chi connectivity index (χ2v) is 9.33. The van der Waals surface area contributed by atoms with Gasteiger partial charge in [-0.05, 0) is 50.5 Å². The standard InChI is InChI=1S/C28H31N5O5/c1-17-6-7-19(14-30-17)38-28-20-8-11-35-10-5-3-4-9-29-23-21-12-18(13-22(23)34-2)25-26(37-16-36-25)24(21)33-27(20)31-15-32-28/h6-7,12-14,31,33H,3-5,8-11,15-16H2,1-2H3. The molecule has 0 saturated carbocycles. The maximum Gasteiger partial charge on any atom is 0.231 e. The second-order valence-electron chi connectivity index (χ2n) is 9.33. The molecule has 0 amide bonds. The largest absolute Gasteiger partial charge is 0.494 e. The van der Waals surface area contributed by atoms with Crippen LogP contribution in [0, 0.1) is 6.92 Å². The van der Waals surface area contributed by atoms with Gasteiger partial charge in [0.2, 0.25) is 12.7 Å². The van der Waals surface area contributed by atoms with Crippen LogP contribution in [0.15, 0.2) is 51.8 Å². The van der Waals surface area contributed by atoms with E-state index in [0.717, 1.165) is 58.2 Å². The van der Waals surface area contributed by atoms with E-state index in [0.29, 0.717) is 61.7 Å². The Labute approximate surface area is 220 Å². The first kappa shape index (κ1) is 24.3. The average molecular weight is 518 g/mol. The van der Waals surface area contributed by atoms with E-state index in [1.807, 2.05) is 25.1 Å². The van der Waals surface area contributed by atoms with Crippen LogP contribution >= 0.6 is 0 Å². The molecule has 38 heavy (non-hydrogen) atoms. The maximum absolute atomic E-state index is 6.22. The number of hydrogen-bond acceptors (Lipinski definition) is 10. The van der Waals surface area contributed by atoms with Gasteiger partial charge in [-0.1, -0.05) is 0 Å². The van der Waals surface area contributed by atoms with E-state index in [-0.39, 0.29) is 6.79 Å². The van der Waals surface area contributed by atoms with Crippen molar-refractivity contribution in [2.24, 2.45) is 9.98 Å². The van der Waals surface area contributed by atoms with Gasteiger partial charge < -0.3 is 34.3 Å². The Bertz CT molecular complexity index is 1450. The highest BCUT2D eigenvalue weighted by atomic mass is 16.7. The minimum atomic E-state index is 0.145. The molecule has 3 aliphatic rings. The van der Waals surface area contributed by atoms with Crippen molar-refractivity contribution in [1.29, 1.82) is 0 Å². The van der Waals surface area contributed by atoms with Crippen LogP contribution in [0.1, 0.15) is 31.4 Å². The average Bonchev–Trinajstić information content (AvgIpc) is 3.42. The summed E-state index contributed by atoms with van der Waals surface area (Å²) < 4.78 is 29.8. The van der Waals surface area contributed by atoms with Crippen LogP contribution in [-0.4, -0.2) is 51.2 Å². The van der Waals surface area contributed by atoms with Gasteiger partial charge in [0.15, 0.2) is 11.5 Å². The highest BCUT2D eigenvalue weighted by Crippen LogP contribution is 2.46. The molecule has 10 heteroatoms. The van der Waals surface area contributed by atoms with Crippen molar-refractivity contribution < 1.29 is 23.7 Å². The van der Waals surface area contributed by atoms with E-state index in [1.54, 1.807) is 13.3 Å². The van der Waals surface area contributed by atoms with Crippen molar-refractivity contribution >= 4 is 22.4 Å². The Hall–Kier alpha value is -4.05. The normalized spacial score (nSPS) is 17.8. The Morgan fingerprint density at radius 3 is 2.79 bits per heavy atom. The lowest BCUT2D eigenvalue weighted by Crippen LogP contribution is -2.32. The number of anilines is 1. The summed E-state index contributed by atoms with van der Waals surface area (Å²) in [5.74, 6) is 3.95. The Kier molecular flexibility index (Phi) is 6.87. The van der Waals surface area contributed by atoms with Crippen LogP contribution in [0.5, 0.6) is 23.0 Å². The molecule has 0 fully saturated rings. The molecule has 0 saturated heterocycles. The summed E-state index contributed by atoms with van der Waals surface area (Å²) >= 11 is 0. The molecule has 2 bridgehead atoms. The summed E-state index contributed by atoms with van der Waals surface area (Å²) in [7, 11) is 1.67. The summed E-state index contributed by atoms with van der Waals surface area (Å²) in [4.78, 5) is 13.9. The fourth-order valence-electron chi connectivity index (χ4n) is 4.83. The smallest absolute Gasteiger partial charge is 0.231 e. The van der Waals surface area contributed by atoms with E-state index in [4.69, 9.17) is 28.7 Å². The lowest BCUT2D eigenvalue weighted by Gasteiger charge is -2.24. The molecule has 10 nitrogen and oxygen atoms in total. The summed E-state index contributed by atoms with van der Waals surface area (Å²) in [5, 5.41) is 9.59. The monoisotopic (exact) mass is 517 g/mol. The van der Waals surface area contributed by atoms with Gasteiger partial charge in [-0.15, -0.1) is 0 Å². The van der Waals surface area contributed by atoms with Gasteiger partial charge in [0, 0.05) is 36.0 Å². The summed E-state index contributed by atoms with van der Waals surface area (Å²) in [5.41, 5.74) is 2.55. The number of aliphatic imine (C=N–C) groups is 1. The molecule has 1 aromatic heterocycles. The minimum absolute atomic E-state index is 0.145. The molecular weight excluding hydrogens is 486 g/mol. The minimum Gasteiger partial charge on any atom is -0.494 e. The zero-order valence-corrected chi connectivity index (χ0v) is 21.6. The molecule has 198 valence electrons. The van der Waals surface area contributed by atoms with Gasteiger partial charge in [0.05, 0.1) is 31.2 Å². The lowest BCUT2D eigenvalue weighted by atomic mass is 10.0. The number of aromatic nitrogens is 1. The van der Waals surface area contributed by atoms with Gasteiger partial charge in [-0.2, -0.15) is 0 Å². The molecule has 3 aromatic rings. The zero-order valence-electron chi connectivity index (χ0n) is 21.6. The van der Waals surface area contributed by atoms with E-state index in [9.17, 15) is 0 Å². The van der Waals surface area contributed by atoms with Crippen molar-refractivity contribution in [2.45, 2.75) is 32.6 Å². The molecule has 0 atom stereocenters. The van der Waals surface area contributed by atoms with Gasteiger partial charge in [0.1, 0.15) is 29.3 Å². The SMILES string of the molecule is COc1cc2cc3c(c4c2OCO4)NC2=C(CCOCCCCCN=c13)C(Oc1ccc(C)nc1)=NCN2. The number of rotatable bonds is 2. The Morgan fingerprint density at radius 2 is 1.92 bits per heavy atom. The predicted octanol–water partition coefficient (Wildman–Crippen LogP) is 3.87. The third kappa shape index (κ3) is 4.79. The van der Waals surface area contributed by atoms with Crippen molar-refractivity contribution in [2.75, 3.05) is 45.6 Å². The third-order valence-corrected chi connectivity index (χ3v) is 6.77. The molecule has 6 rings (SSSR count). The highest BCUT2D eigenvalue weighted by Gasteiger charge is 2.28. The van der Waals surface area contributed by atoms with Crippen molar-refractivity contribution in [3.8, 4) is 23.0 Å². The number of hydrogen-bond donors (Lipinski definition) is 2. The summed E-state index contributed by atoms with van der Waals surface area (Å²) in [6.07, 6.45) is 5.29. The predicted molar refractivity (Wildman–Crippen MR) is 143 cm³/mol. The third-order valence-electron chi connectivity index (χ3n) is 6.77. The van der Waals surface area contributed by atoms with Crippen LogP contribution in [0.4, 0.5) is 5.69 Å². The lowest BCUT2D eigenvalue weighted by molar-refractivity contribution is 0.133.